The number of fused-ring (bicyclic) bond motifs is 5. The van der Waals surface area contributed by atoms with Crippen molar-refractivity contribution in [3.63, 3.8) is 0 Å². The highest BCUT2D eigenvalue weighted by Gasteiger charge is 2.64. The summed E-state index contributed by atoms with van der Waals surface area (Å²) in [5.41, 5.74) is 1.46. The first kappa shape index (κ1) is 54.3. The Balaban J connectivity index is 1.14. The van der Waals surface area contributed by atoms with Gasteiger partial charge in [0, 0.05) is 87.5 Å². The molecule has 5 aliphatic rings. The van der Waals surface area contributed by atoms with Crippen LogP contribution in [0.5, 0.6) is 5.75 Å². The number of imide groups is 1. The zero-order chi connectivity index (χ0) is 50.5. The number of amides is 6. The number of esters is 1. The maximum Gasteiger partial charge on any atom is 0.409 e. The molecule has 0 aromatic heterocycles. The van der Waals surface area contributed by atoms with Gasteiger partial charge in [0.2, 0.25) is 29.5 Å². The molecule has 4 N–H and O–H groups in total. The highest BCUT2D eigenvalue weighted by molar-refractivity contribution is 14.1. The summed E-state index contributed by atoms with van der Waals surface area (Å²) in [6, 6.07) is 2.42. The van der Waals surface area contributed by atoms with Crippen LogP contribution >= 0.6 is 46.2 Å². The Morgan fingerprint density at radius 1 is 1.12 bits per heavy atom. The summed E-state index contributed by atoms with van der Waals surface area (Å²) < 4.78 is 32.0. The molecule has 69 heavy (non-hydrogen) atoms. The van der Waals surface area contributed by atoms with E-state index in [0.29, 0.717) is 37.2 Å². The van der Waals surface area contributed by atoms with Crippen molar-refractivity contribution >= 4 is 93.5 Å². The smallest absolute Gasteiger partial charge is 0.409 e. The average molecular weight is 1120 g/mol. The van der Waals surface area contributed by atoms with Crippen LogP contribution in [0, 0.1) is 17.8 Å². The Morgan fingerprint density at radius 2 is 1.83 bits per heavy atom. The van der Waals surface area contributed by atoms with E-state index in [1.54, 1.807) is 45.2 Å². The number of nitrogens with one attached hydrogen (secondary N) is 3. The number of anilines is 1. The van der Waals surface area contributed by atoms with Crippen molar-refractivity contribution in [2.75, 3.05) is 45.5 Å². The minimum Gasteiger partial charge on any atom is -0.495 e. The number of likely N-dealkylation sites (tertiary alicyclic amines) is 1. The third-order valence-electron chi connectivity index (χ3n) is 14.2. The molecule has 4 fully saturated rings. The lowest BCUT2D eigenvalue weighted by Crippen LogP contribution is -2.63. The molecule has 6 amide bonds. The van der Waals surface area contributed by atoms with Crippen molar-refractivity contribution in [3.05, 3.63) is 46.5 Å². The molecule has 380 valence electrons. The maximum atomic E-state index is 14.3. The quantitative estimate of drug-likeness (QED) is 0.0530. The first-order chi connectivity index (χ1) is 32.6. The van der Waals surface area contributed by atoms with Crippen LogP contribution in [0.15, 0.2) is 35.9 Å². The highest BCUT2D eigenvalue weighted by atomic mass is 127. The number of hydrogen-bond acceptors (Lipinski definition) is 15. The number of alkyl carbamates (subject to hydrolysis) is 1. The Hall–Kier alpha value is -4.00. The van der Waals surface area contributed by atoms with Crippen molar-refractivity contribution in [2.45, 2.75) is 133 Å². The van der Waals surface area contributed by atoms with Gasteiger partial charge in [0.25, 0.3) is 0 Å². The molecule has 1 aromatic carbocycles. The van der Waals surface area contributed by atoms with Crippen molar-refractivity contribution in [1.82, 2.24) is 24.2 Å². The molecule has 1 unspecified atom stereocenters. The molecule has 1 aliphatic carbocycles. The number of ether oxygens (including phenoxy) is 5. The number of benzene rings is 1. The standard InChI is InChI=1S/C47H64ClIN6O13S/c1-25-10-9-11-35(65-8)47(63)23-33(66-45(62)50-47)26(2)41-46(4,68-41)36(22-38(57)54(6)31-19-29(18-25)20-32(64-7)40(31)48)67-44(61)27(3)53(5)37(56)16-17-69-34-21-39(58)55(43(34)60)24-28-12-14-30(15-13-28)42(59)51-52-49/h9-11,19-20,26-28,30,33-36,41,52,63H,12-18,21-24H2,1-8H3,(H,50,62)(H,51,59)/b11-9+,25-10+/t26-,27+,28-,30-,33+,34?,35-,36+,41+,46+,47+/m1/s1. The molecule has 0 spiro atoms. The SMILES string of the molecule is COc1cc2cc(c1Cl)N(C)C(=O)C[C@H](OC(=O)[C@H](C)N(C)C(=O)CCSC1CC(=O)N(C[C@H]3CC[C@H](C(=O)NNI)CC3)C1=O)[C@]1(C)O[C@H]1[C@H](C)[C@@H]1C[C@@](O)(NC(=O)O1)[C@H](OC)/C=C/C=C(\C)C2. The number of carbonyl (C=O) groups is 7. The highest BCUT2D eigenvalue weighted by Crippen LogP contribution is 2.49. The van der Waals surface area contributed by atoms with Gasteiger partial charge in [0.15, 0.2) is 5.72 Å². The summed E-state index contributed by atoms with van der Waals surface area (Å²) in [7, 11) is 5.90. The van der Waals surface area contributed by atoms with Gasteiger partial charge in [-0.25, -0.2) is 9.59 Å². The van der Waals surface area contributed by atoms with Gasteiger partial charge >= 0.3 is 12.1 Å². The van der Waals surface area contributed by atoms with Gasteiger partial charge in [0.05, 0.1) is 30.6 Å². The number of thioether (sulfide) groups is 1. The van der Waals surface area contributed by atoms with Crippen molar-refractivity contribution in [1.29, 1.82) is 0 Å². The minimum absolute atomic E-state index is 0.0270. The van der Waals surface area contributed by atoms with E-state index in [9.17, 15) is 38.7 Å². The number of rotatable bonds is 13. The minimum atomic E-state index is -1.87. The van der Waals surface area contributed by atoms with Gasteiger partial charge in [-0.05, 0) is 76.5 Å². The Kier molecular flexibility index (Phi) is 18.1. The Bertz CT molecular complexity index is 2210. The number of allylic oxidation sites excluding steroid dienone is 3. The van der Waals surface area contributed by atoms with E-state index in [-0.39, 0.29) is 66.0 Å². The Labute approximate surface area is 425 Å². The van der Waals surface area contributed by atoms with Crippen LogP contribution in [0.4, 0.5) is 10.5 Å². The van der Waals surface area contributed by atoms with Gasteiger partial charge < -0.3 is 38.6 Å². The molecular weight excluding hydrogens is 1050 g/mol. The van der Waals surface area contributed by atoms with E-state index in [4.69, 9.17) is 35.3 Å². The lowest BCUT2D eigenvalue weighted by Gasteiger charge is -2.42. The molecule has 4 bridgehead atoms. The number of aliphatic hydroxyl groups is 1. The van der Waals surface area contributed by atoms with Crippen LogP contribution in [-0.4, -0.2) is 144 Å². The largest absolute Gasteiger partial charge is 0.495 e. The molecule has 0 radical (unpaired) electrons. The molecule has 9 atom stereocenters. The zero-order valence-electron chi connectivity index (χ0n) is 40.2. The second-order valence-electron chi connectivity index (χ2n) is 18.9. The summed E-state index contributed by atoms with van der Waals surface area (Å²) in [6.07, 6.45) is 3.23. The van der Waals surface area contributed by atoms with Crippen LogP contribution in [0.25, 0.3) is 0 Å². The van der Waals surface area contributed by atoms with Crippen molar-refractivity contribution < 1.29 is 62.4 Å². The molecule has 4 heterocycles. The van der Waals surface area contributed by atoms with Crippen LogP contribution in [-0.2, 0) is 54.1 Å². The fourth-order valence-corrected chi connectivity index (χ4v) is 11.4. The molecular formula is C47H64ClIN6O13S. The number of hydrazine groups is 1. The van der Waals surface area contributed by atoms with E-state index in [1.807, 2.05) is 35.9 Å². The van der Waals surface area contributed by atoms with Crippen LogP contribution in [0.1, 0.15) is 84.6 Å². The van der Waals surface area contributed by atoms with Gasteiger partial charge in [-0.1, -0.05) is 42.3 Å². The van der Waals surface area contributed by atoms with E-state index in [2.05, 4.69) is 14.4 Å². The summed E-state index contributed by atoms with van der Waals surface area (Å²) in [5.74, 6) is -2.37. The number of hydrogen-bond donors (Lipinski definition) is 4. The fraction of sp³-hybridized carbons (Fsp3) is 0.638. The number of carbonyl (C=O) groups excluding carboxylic acids is 7. The predicted octanol–water partition coefficient (Wildman–Crippen LogP) is 4.54. The molecule has 19 nitrogen and oxygen atoms in total. The number of epoxide rings is 1. The normalized spacial score (nSPS) is 32.4. The van der Waals surface area contributed by atoms with E-state index in [1.165, 1.54) is 54.7 Å². The summed E-state index contributed by atoms with van der Waals surface area (Å²) >= 11 is 9.88. The third-order valence-corrected chi connectivity index (χ3v) is 16.1. The van der Waals surface area contributed by atoms with Gasteiger partial charge in [-0.15, -0.1) is 11.8 Å². The van der Waals surface area contributed by atoms with Crippen molar-refractivity contribution in [2.24, 2.45) is 17.8 Å². The van der Waals surface area contributed by atoms with E-state index >= 15 is 0 Å². The van der Waals surface area contributed by atoms with E-state index in [0.717, 1.165) is 24.0 Å². The predicted molar refractivity (Wildman–Crippen MR) is 264 cm³/mol. The molecule has 22 heteroatoms. The zero-order valence-corrected chi connectivity index (χ0v) is 43.9. The van der Waals surface area contributed by atoms with Crippen LogP contribution < -0.4 is 24.0 Å². The fourth-order valence-electron chi connectivity index (χ4n) is 9.67. The molecule has 6 rings (SSSR count). The molecule has 1 aromatic rings. The summed E-state index contributed by atoms with van der Waals surface area (Å²) in [4.78, 5) is 97.4. The van der Waals surface area contributed by atoms with Gasteiger partial charge in [0.1, 0.15) is 40.7 Å². The van der Waals surface area contributed by atoms with Crippen molar-refractivity contribution in [3.8, 4) is 5.75 Å². The van der Waals surface area contributed by atoms with Crippen LogP contribution in [0.3, 0.4) is 0 Å². The lowest BCUT2D eigenvalue weighted by atomic mass is 9.81. The lowest BCUT2D eigenvalue weighted by molar-refractivity contribution is -0.162. The first-order valence-electron chi connectivity index (χ1n) is 23.1. The summed E-state index contributed by atoms with van der Waals surface area (Å²) in [5, 5.41) is 13.9. The second-order valence-corrected chi connectivity index (χ2v) is 21.1. The van der Waals surface area contributed by atoms with Gasteiger partial charge in [-0.3, -0.25) is 39.6 Å². The van der Waals surface area contributed by atoms with E-state index < -0.39 is 76.8 Å². The molecule has 1 saturated carbocycles. The number of methoxy groups -OCH3 is 2. The third kappa shape index (κ3) is 12.6. The average Bonchev–Trinajstić information content (AvgIpc) is 3.94. The molecule has 4 aliphatic heterocycles. The number of nitrogens with zero attached hydrogens (tertiary/aromatic N) is 3. The number of halogens is 2. The molecule has 3 saturated heterocycles. The Morgan fingerprint density at radius 3 is 2.49 bits per heavy atom. The van der Waals surface area contributed by atoms with Gasteiger partial charge in [-0.2, -0.15) is 3.64 Å². The topological polar surface area (TPSA) is 235 Å². The number of likely N-dealkylation sites (N-methyl/N-ethyl adjacent to an activating group) is 1. The van der Waals surface area contributed by atoms with Crippen LogP contribution in [0.2, 0.25) is 5.02 Å². The maximum absolute atomic E-state index is 14.3. The second kappa shape index (κ2) is 23.0. The summed E-state index contributed by atoms with van der Waals surface area (Å²) in [6.45, 7) is 7.17. The monoisotopic (exact) mass is 1110 g/mol. The first-order valence-corrected chi connectivity index (χ1v) is 25.6.